The van der Waals surface area contributed by atoms with Crippen LogP contribution in [0.1, 0.15) is 29.0 Å². The van der Waals surface area contributed by atoms with Crippen molar-refractivity contribution < 1.29 is 4.42 Å². The van der Waals surface area contributed by atoms with Crippen molar-refractivity contribution in [2.75, 3.05) is 0 Å². The average Bonchev–Trinajstić information content (AvgIpc) is 3.32. The highest BCUT2D eigenvalue weighted by Gasteiger charge is 2.19. The summed E-state index contributed by atoms with van der Waals surface area (Å²) in [5, 5.41) is 6.04. The molecule has 1 aliphatic carbocycles. The molecule has 5 rings (SSSR count). The highest BCUT2D eigenvalue weighted by atomic mass is 35.5. The van der Waals surface area contributed by atoms with Crippen LogP contribution < -0.4 is 5.56 Å². The van der Waals surface area contributed by atoms with Gasteiger partial charge in [-0.25, -0.2) is 4.98 Å². The van der Waals surface area contributed by atoms with E-state index in [-0.39, 0.29) is 5.56 Å². The fourth-order valence-corrected chi connectivity index (χ4v) is 5.32. The van der Waals surface area contributed by atoms with Crippen LogP contribution >= 0.6 is 34.5 Å². The second-order valence-corrected chi connectivity index (χ2v) is 8.78. The SMILES string of the molecule is O=c1c2c3c(sc2ncn1/N=C\c1ccc(-c2ccc(Cl)cc2Cl)o1)CCCC3. The van der Waals surface area contributed by atoms with Gasteiger partial charge in [0.05, 0.1) is 16.6 Å². The van der Waals surface area contributed by atoms with Crippen LogP contribution in [0.3, 0.4) is 0 Å². The molecule has 0 amide bonds. The fraction of sp³-hybridized carbons (Fsp3) is 0.190. The van der Waals surface area contributed by atoms with Crippen molar-refractivity contribution in [1.29, 1.82) is 0 Å². The first-order valence-corrected chi connectivity index (χ1v) is 10.8. The molecular formula is C21H15Cl2N3O2S. The zero-order chi connectivity index (χ0) is 20.0. The molecule has 3 heterocycles. The molecule has 146 valence electrons. The molecule has 3 aromatic heterocycles. The summed E-state index contributed by atoms with van der Waals surface area (Å²) in [4.78, 5) is 19.5. The number of thiophene rings is 1. The van der Waals surface area contributed by atoms with E-state index in [4.69, 9.17) is 27.6 Å². The molecule has 0 saturated carbocycles. The Kier molecular flexibility index (Phi) is 4.78. The summed E-state index contributed by atoms with van der Waals surface area (Å²) in [7, 11) is 0. The molecule has 29 heavy (non-hydrogen) atoms. The summed E-state index contributed by atoms with van der Waals surface area (Å²) in [6.07, 6.45) is 7.21. The van der Waals surface area contributed by atoms with E-state index >= 15 is 0 Å². The van der Waals surface area contributed by atoms with Gasteiger partial charge < -0.3 is 4.42 Å². The van der Waals surface area contributed by atoms with Crippen LogP contribution in [0, 0.1) is 0 Å². The Bertz CT molecular complexity index is 1320. The molecule has 1 aromatic carbocycles. The first kappa shape index (κ1) is 18.6. The summed E-state index contributed by atoms with van der Waals surface area (Å²) < 4.78 is 7.07. The number of benzene rings is 1. The zero-order valence-electron chi connectivity index (χ0n) is 15.2. The second-order valence-electron chi connectivity index (χ2n) is 6.86. The van der Waals surface area contributed by atoms with Gasteiger partial charge in [-0.05, 0) is 61.6 Å². The molecule has 0 atom stereocenters. The van der Waals surface area contributed by atoms with Crippen molar-refractivity contribution in [2.45, 2.75) is 25.7 Å². The van der Waals surface area contributed by atoms with Gasteiger partial charge in [-0.3, -0.25) is 4.79 Å². The number of hydrogen-bond acceptors (Lipinski definition) is 5. The maximum absolute atomic E-state index is 12.9. The number of aromatic nitrogens is 2. The van der Waals surface area contributed by atoms with E-state index in [0.29, 0.717) is 27.0 Å². The molecule has 0 aliphatic heterocycles. The number of halogens is 2. The first-order chi connectivity index (χ1) is 14.1. The van der Waals surface area contributed by atoms with Gasteiger partial charge in [0.25, 0.3) is 5.56 Å². The normalized spacial score (nSPS) is 14.0. The maximum atomic E-state index is 12.9. The van der Waals surface area contributed by atoms with Gasteiger partial charge in [0.2, 0.25) is 0 Å². The maximum Gasteiger partial charge on any atom is 0.282 e. The summed E-state index contributed by atoms with van der Waals surface area (Å²) in [5.41, 5.74) is 1.75. The van der Waals surface area contributed by atoms with Crippen LogP contribution in [0.4, 0.5) is 0 Å². The van der Waals surface area contributed by atoms with E-state index in [2.05, 4.69) is 10.1 Å². The van der Waals surface area contributed by atoms with E-state index in [1.807, 2.05) is 0 Å². The zero-order valence-corrected chi connectivity index (χ0v) is 17.5. The molecule has 0 spiro atoms. The number of nitrogens with zero attached hydrogens (tertiary/aromatic N) is 3. The Balaban J connectivity index is 1.48. The highest BCUT2D eigenvalue weighted by molar-refractivity contribution is 7.18. The molecule has 8 heteroatoms. The van der Waals surface area contributed by atoms with Gasteiger partial charge in [-0.1, -0.05) is 23.2 Å². The van der Waals surface area contributed by atoms with Crippen LogP contribution in [-0.2, 0) is 12.8 Å². The lowest BCUT2D eigenvalue weighted by Crippen LogP contribution is -2.17. The molecule has 0 fully saturated rings. The Morgan fingerprint density at radius 2 is 2.03 bits per heavy atom. The second kappa shape index (κ2) is 7.44. The standard InChI is InChI=1S/C21H15Cl2N3O2S/c22-12-5-7-14(16(23)9-12)17-8-6-13(28-17)10-25-26-11-24-20-19(21(26)27)15-3-1-2-4-18(15)29-20/h5-11H,1-4H2/b25-10-. The van der Waals surface area contributed by atoms with E-state index in [0.717, 1.165) is 35.2 Å². The summed E-state index contributed by atoms with van der Waals surface area (Å²) in [5.74, 6) is 1.10. The third-order valence-electron chi connectivity index (χ3n) is 4.99. The van der Waals surface area contributed by atoms with Gasteiger partial charge in [-0.2, -0.15) is 9.78 Å². The Morgan fingerprint density at radius 3 is 2.90 bits per heavy atom. The van der Waals surface area contributed by atoms with Crippen molar-refractivity contribution in [3.63, 3.8) is 0 Å². The van der Waals surface area contributed by atoms with E-state index < -0.39 is 0 Å². The molecule has 0 radical (unpaired) electrons. The lowest BCUT2D eigenvalue weighted by Gasteiger charge is -2.09. The van der Waals surface area contributed by atoms with Crippen molar-refractivity contribution in [3.8, 4) is 11.3 Å². The number of rotatable bonds is 3. The molecule has 5 nitrogen and oxygen atoms in total. The Morgan fingerprint density at radius 1 is 1.17 bits per heavy atom. The first-order valence-electron chi connectivity index (χ1n) is 9.21. The molecule has 1 aliphatic rings. The fourth-order valence-electron chi connectivity index (χ4n) is 3.59. The molecule has 0 bridgehead atoms. The minimum Gasteiger partial charge on any atom is -0.455 e. The molecule has 0 saturated heterocycles. The van der Waals surface area contributed by atoms with Crippen molar-refractivity contribution in [2.24, 2.45) is 5.10 Å². The van der Waals surface area contributed by atoms with Crippen LogP contribution in [-0.4, -0.2) is 15.9 Å². The van der Waals surface area contributed by atoms with E-state index in [1.54, 1.807) is 41.7 Å². The van der Waals surface area contributed by atoms with Gasteiger partial charge in [0.15, 0.2) is 0 Å². The highest BCUT2D eigenvalue weighted by Crippen LogP contribution is 2.33. The predicted octanol–water partition coefficient (Wildman–Crippen LogP) is 5.79. The van der Waals surface area contributed by atoms with Gasteiger partial charge >= 0.3 is 0 Å². The Hall–Kier alpha value is -2.41. The number of hydrogen-bond donors (Lipinski definition) is 0. The van der Waals surface area contributed by atoms with Crippen LogP contribution in [0.5, 0.6) is 0 Å². The lowest BCUT2D eigenvalue weighted by molar-refractivity contribution is 0.574. The molecule has 0 N–H and O–H groups in total. The summed E-state index contributed by atoms with van der Waals surface area (Å²) in [6.45, 7) is 0. The van der Waals surface area contributed by atoms with E-state index in [1.165, 1.54) is 28.5 Å². The lowest BCUT2D eigenvalue weighted by atomic mass is 9.97. The molecular weight excluding hydrogens is 429 g/mol. The average molecular weight is 444 g/mol. The van der Waals surface area contributed by atoms with E-state index in [9.17, 15) is 4.79 Å². The number of aryl methyl sites for hydroxylation is 2. The summed E-state index contributed by atoms with van der Waals surface area (Å²) >= 11 is 13.8. The topological polar surface area (TPSA) is 60.4 Å². The third-order valence-corrected chi connectivity index (χ3v) is 6.74. The monoisotopic (exact) mass is 443 g/mol. The van der Waals surface area contributed by atoms with Crippen molar-refractivity contribution in [1.82, 2.24) is 9.66 Å². The van der Waals surface area contributed by atoms with Crippen LogP contribution in [0.15, 0.2) is 51.0 Å². The number of furan rings is 1. The third kappa shape index (κ3) is 3.41. The van der Waals surface area contributed by atoms with Crippen LogP contribution in [0.25, 0.3) is 21.5 Å². The van der Waals surface area contributed by atoms with Gasteiger partial charge in [-0.15, -0.1) is 11.3 Å². The van der Waals surface area contributed by atoms with Crippen molar-refractivity contribution >= 4 is 51.0 Å². The Labute approximate surface area is 180 Å². The summed E-state index contributed by atoms with van der Waals surface area (Å²) in [6, 6.07) is 8.79. The van der Waals surface area contributed by atoms with Crippen molar-refractivity contribution in [3.05, 3.63) is 73.3 Å². The van der Waals surface area contributed by atoms with Gasteiger partial charge in [0.1, 0.15) is 22.7 Å². The van der Waals surface area contributed by atoms with Crippen LogP contribution in [0.2, 0.25) is 10.0 Å². The predicted molar refractivity (Wildman–Crippen MR) is 118 cm³/mol. The quantitative estimate of drug-likeness (QED) is 0.376. The van der Waals surface area contributed by atoms with Gasteiger partial charge in [0, 0.05) is 15.5 Å². The largest absolute Gasteiger partial charge is 0.455 e. The smallest absolute Gasteiger partial charge is 0.282 e. The number of fused-ring (bicyclic) bond motifs is 3. The minimum atomic E-state index is -0.141. The molecule has 0 unspecified atom stereocenters. The molecule has 4 aromatic rings. The minimum absolute atomic E-state index is 0.141.